The standard InChI is InChI=1S/C19H25N3O3/c1-14(2)10-11-20-18-9-8-15(12-21-18)22-19(23)13-25-17-7-5-4-6-16(17)24-3/h4-9,12,14H,10-11,13H2,1-3H3,(H,20,21)(H,22,23). The lowest BCUT2D eigenvalue weighted by molar-refractivity contribution is -0.118. The van der Waals surface area contributed by atoms with Crippen molar-refractivity contribution >= 4 is 17.4 Å². The lowest BCUT2D eigenvalue weighted by Gasteiger charge is -2.11. The number of anilines is 2. The zero-order valence-electron chi connectivity index (χ0n) is 14.9. The van der Waals surface area contributed by atoms with Crippen LogP contribution in [0.1, 0.15) is 20.3 Å². The van der Waals surface area contributed by atoms with Gasteiger partial charge < -0.3 is 20.1 Å². The van der Waals surface area contributed by atoms with Crippen LogP contribution in [-0.2, 0) is 4.79 Å². The van der Waals surface area contributed by atoms with Crippen LogP contribution < -0.4 is 20.1 Å². The summed E-state index contributed by atoms with van der Waals surface area (Å²) in [5.41, 5.74) is 0.628. The van der Waals surface area contributed by atoms with E-state index < -0.39 is 0 Å². The van der Waals surface area contributed by atoms with Gasteiger partial charge in [-0.05, 0) is 36.6 Å². The molecular formula is C19H25N3O3. The molecule has 0 radical (unpaired) electrons. The molecule has 2 aromatic rings. The molecule has 1 heterocycles. The quantitative estimate of drug-likeness (QED) is 0.728. The van der Waals surface area contributed by atoms with Crippen molar-refractivity contribution in [1.82, 2.24) is 4.98 Å². The van der Waals surface area contributed by atoms with Crippen LogP contribution in [0.3, 0.4) is 0 Å². The third kappa shape index (κ3) is 6.33. The number of aromatic nitrogens is 1. The topological polar surface area (TPSA) is 72.5 Å². The number of hydrogen-bond donors (Lipinski definition) is 2. The molecule has 2 N–H and O–H groups in total. The number of methoxy groups -OCH3 is 1. The largest absolute Gasteiger partial charge is 0.493 e. The number of carbonyl (C=O) groups excluding carboxylic acids is 1. The van der Waals surface area contributed by atoms with Crippen LogP contribution in [0.4, 0.5) is 11.5 Å². The van der Waals surface area contributed by atoms with Crippen molar-refractivity contribution in [2.75, 3.05) is 30.9 Å². The molecule has 1 amide bonds. The normalized spacial score (nSPS) is 10.4. The molecule has 2 rings (SSSR count). The molecule has 0 spiro atoms. The van der Waals surface area contributed by atoms with Gasteiger partial charge in [0.15, 0.2) is 18.1 Å². The van der Waals surface area contributed by atoms with E-state index in [-0.39, 0.29) is 12.5 Å². The first-order valence-corrected chi connectivity index (χ1v) is 8.34. The maximum Gasteiger partial charge on any atom is 0.262 e. The number of nitrogens with zero attached hydrogens (tertiary/aromatic N) is 1. The van der Waals surface area contributed by atoms with Crippen molar-refractivity contribution in [3.63, 3.8) is 0 Å². The molecule has 134 valence electrons. The molecule has 0 bridgehead atoms. The van der Waals surface area contributed by atoms with Gasteiger partial charge in [0.05, 0.1) is 19.0 Å². The summed E-state index contributed by atoms with van der Waals surface area (Å²) in [5.74, 6) is 2.31. The number of hydrogen-bond acceptors (Lipinski definition) is 5. The summed E-state index contributed by atoms with van der Waals surface area (Å²) in [5, 5.41) is 6.01. The van der Waals surface area contributed by atoms with Gasteiger partial charge in [0.1, 0.15) is 5.82 Å². The maximum absolute atomic E-state index is 12.0. The first kappa shape index (κ1) is 18.6. The smallest absolute Gasteiger partial charge is 0.262 e. The van der Waals surface area contributed by atoms with Crippen LogP contribution in [0.2, 0.25) is 0 Å². The third-order valence-corrected chi connectivity index (χ3v) is 3.50. The van der Waals surface area contributed by atoms with Gasteiger partial charge in [-0.15, -0.1) is 0 Å². The first-order valence-electron chi connectivity index (χ1n) is 8.34. The zero-order valence-corrected chi connectivity index (χ0v) is 14.9. The molecule has 0 unspecified atom stereocenters. The Balaban J connectivity index is 1.80. The number of benzene rings is 1. The van der Waals surface area contributed by atoms with Gasteiger partial charge in [-0.1, -0.05) is 26.0 Å². The van der Waals surface area contributed by atoms with Gasteiger partial charge in [0.25, 0.3) is 5.91 Å². The lowest BCUT2D eigenvalue weighted by Crippen LogP contribution is -2.20. The highest BCUT2D eigenvalue weighted by molar-refractivity contribution is 5.91. The maximum atomic E-state index is 12.0. The minimum Gasteiger partial charge on any atom is -0.493 e. The fraction of sp³-hybridized carbons (Fsp3) is 0.368. The number of rotatable bonds is 9. The Kier molecular flexibility index (Phi) is 7.07. The molecule has 0 saturated heterocycles. The van der Waals surface area contributed by atoms with E-state index in [1.165, 1.54) is 0 Å². The monoisotopic (exact) mass is 343 g/mol. The Bertz CT molecular complexity index is 672. The molecule has 1 aromatic heterocycles. The van der Waals surface area contributed by atoms with Crippen LogP contribution in [0.15, 0.2) is 42.6 Å². The van der Waals surface area contributed by atoms with E-state index in [1.807, 2.05) is 24.3 Å². The Morgan fingerprint density at radius 2 is 1.92 bits per heavy atom. The molecule has 0 saturated carbocycles. The fourth-order valence-corrected chi connectivity index (χ4v) is 2.14. The molecule has 0 aliphatic heterocycles. The molecule has 6 heteroatoms. The lowest BCUT2D eigenvalue weighted by atomic mass is 10.1. The van der Waals surface area contributed by atoms with Crippen LogP contribution in [0.25, 0.3) is 0 Å². The highest BCUT2D eigenvalue weighted by atomic mass is 16.5. The summed E-state index contributed by atoms with van der Waals surface area (Å²) in [6.45, 7) is 5.14. The van der Waals surface area contributed by atoms with Crippen LogP contribution in [0, 0.1) is 5.92 Å². The summed E-state index contributed by atoms with van der Waals surface area (Å²) >= 11 is 0. The van der Waals surface area contributed by atoms with E-state index in [0.29, 0.717) is 23.1 Å². The van der Waals surface area contributed by atoms with Crippen molar-refractivity contribution in [3.8, 4) is 11.5 Å². The van der Waals surface area contributed by atoms with E-state index >= 15 is 0 Å². The van der Waals surface area contributed by atoms with E-state index in [0.717, 1.165) is 18.8 Å². The molecule has 0 fully saturated rings. The molecular weight excluding hydrogens is 318 g/mol. The van der Waals surface area contributed by atoms with Gasteiger partial charge in [0, 0.05) is 6.54 Å². The van der Waals surface area contributed by atoms with Crippen LogP contribution in [-0.4, -0.2) is 31.2 Å². The summed E-state index contributed by atoms with van der Waals surface area (Å²) in [7, 11) is 1.56. The molecule has 0 aliphatic rings. The van der Waals surface area contributed by atoms with Gasteiger partial charge >= 0.3 is 0 Å². The second-order valence-corrected chi connectivity index (χ2v) is 6.03. The Morgan fingerprint density at radius 1 is 1.16 bits per heavy atom. The second-order valence-electron chi connectivity index (χ2n) is 6.03. The van der Waals surface area contributed by atoms with Crippen molar-refractivity contribution < 1.29 is 14.3 Å². The number of nitrogens with one attached hydrogen (secondary N) is 2. The second kappa shape index (κ2) is 9.52. The highest BCUT2D eigenvalue weighted by Crippen LogP contribution is 2.25. The Labute approximate surface area is 148 Å². The number of para-hydroxylation sites is 2. The molecule has 6 nitrogen and oxygen atoms in total. The summed E-state index contributed by atoms with van der Waals surface area (Å²) < 4.78 is 10.7. The summed E-state index contributed by atoms with van der Waals surface area (Å²) in [6.07, 6.45) is 2.71. The van der Waals surface area contributed by atoms with E-state index in [9.17, 15) is 4.79 Å². The third-order valence-electron chi connectivity index (χ3n) is 3.50. The summed E-state index contributed by atoms with van der Waals surface area (Å²) in [6, 6.07) is 10.9. The van der Waals surface area contributed by atoms with Gasteiger partial charge in [-0.2, -0.15) is 0 Å². The van der Waals surface area contributed by atoms with Crippen molar-refractivity contribution in [2.24, 2.45) is 5.92 Å². The van der Waals surface area contributed by atoms with Gasteiger partial charge in [-0.3, -0.25) is 4.79 Å². The zero-order chi connectivity index (χ0) is 18.1. The SMILES string of the molecule is COc1ccccc1OCC(=O)Nc1ccc(NCCC(C)C)nc1. The molecule has 1 aromatic carbocycles. The molecule has 25 heavy (non-hydrogen) atoms. The average molecular weight is 343 g/mol. The highest BCUT2D eigenvalue weighted by Gasteiger charge is 2.07. The summed E-state index contributed by atoms with van der Waals surface area (Å²) in [4.78, 5) is 16.3. The van der Waals surface area contributed by atoms with E-state index in [2.05, 4.69) is 29.5 Å². The van der Waals surface area contributed by atoms with Crippen molar-refractivity contribution in [3.05, 3.63) is 42.6 Å². The van der Waals surface area contributed by atoms with E-state index in [1.54, 1.807) is 25.4 Å². The number of pyridine rings is 1. The Morgan fingerprint density at radius 3 is 2.56 bits per heavy atom. The first-order chi connectivity index (χ1) is 12.1. The van der Waals surface area contributed by atoms with Gasteiger partial charge in [-0.25, -0.2) is 4.98 Å². The van der Waals surface area contributed by atoms with Gasteiger partial charge in [0.2, 0.25) is 0 Å². The predicted molar refractivity (Wildman–Crippen MR) is 99.3 cm³/mol. The Hall–Kier alpha value is -2.76. The molecule has 0 aliphatic carbocycles. The number of amides is 1. The minimum atomic E-state index is -0.256. The van der Waals surface area contributed by atoms with E-state index in [4.69, 9.17) is 9.47 Å². The average Bonchev–Trinajstić information content (AvgIpc) is 2.61. The van der Waals surface area contributed by atoms with Crippen molar-refractivity contribution in [1.29, 1.82) is 0 Å². The molecule has 0 atom stereocenters. The number of ether oxygens (including phenoxy) is 2. The number of carbonyl (C=O) groups is 1. The minimum absolute atomic E-state index is 0.102. The van der Waals surface area contributed by atoms with Crippen molar-refractivity contribution in [2.45, 2.75) is 20.3 Å². The predicted octanol–water partition coefficient (Wildman–Crippen LogP) is 3.57. The van der Waals surface area contributed by atoms with Crippen LogP contribution >= 0.6 is 0 Å². The van der Waals surface area contributed by atoms with Crippen LogP contribution in [0.5, 0.6) is 11.5 Å². The fourth-order valence-electron chi connectivity index (χ4n) is 2.14.